The number of carboxylic acid groups (broad SMARTS) is 1. The first kappa shape index (κ1) is 16.6. The van der Waals surface area contributed by atoms with E-state index < -0.39 is 16.0 Å². The van der Waals surface area contributed by atoms with Gasteiger partial charge in [-0.1, -0.05) is 13.0 Å². The molecule has 1 aromatic rings. The Labute approximate surface area is 118 Å². The highest BCUT2D eigenvalue weighted by molar-refractivity contribution is 7.89. The van der Waals surface area contributed by atoms with Gasteiger partial charge in [-0.3, -0.25) is 0 Å². The van der Waals surface area contributed by atoms with Crippen molar-refractivity contribution in [2.24, 2.45) is 0 Å². The van der Waals surface area contributed by atoms with E-state index in [1.807, 2.05) is 6.92 Å². The molecule has 0 saturated carbocycles. The molecule has 7 heteroatoms. The van der Waals surface area contributed by atoms with Crippen molar-refractivity contribution in [3.05, 3.63) is 29.3 Å². The van der Waals surface area contributed by atoms with E-state index in [0.29, 0.717) is 25.0 Å². The highest BCUT2D eigenvalue weighted by atomic mass is 32.2. The molecule has 0 bridgehead atoms. The Morgan fingerprint density at radius 1 is 1.40 bits per heavy atom. The number of hydrogen-bond acceptors (Lipinski definition) is 4. The molecule has 0 radical (unpaired) electrons. The second-order valence-electron chi connectivity index (χ2n) is 4.23. The van der Waals surface area contributed by atoms with Crippen LogP contribution >= 0.6 is 0 Å². The minimum absolute atomic E-state index is 0.0253. The Hall–Kier alpha value is -1.44. The molecule has 2 N–H and O–H groups in total. The SMILES string of the molecule is CCc1ccc(C(=O)O)cc1S(=O)(=O)NCCCOC. The first-order valence-corrected chi connectivity index (χ1v) is 7.75. The number of methoxy groups -OCH3 is 1. The van der Waals surface area contributed by atoms with Gasteiger partial charge in [0, 0.05) is 20.3 Å². The van der Waals surface area contributed by atoms with Crippen LogP contribution in [-0.4, -0.2) is 39.8 Å². The van der Waals surface area contributed by atoms with E-state index in [2.05, 4.69) is 4.72 Å². The third-order valence-electron chi connectivity index (χ3n) is 2.80. The number of carboxylic acids is 1. The number of sulfonamides is 1. The van der Waals surface area contributed by atoms with Crippen LogP contribution in [0.5, 0.6) is 0 Å². The zero-order valence-corrected chi connectivity index (χ0v) is 12.4. The number of rotatable bonds is 8. The van der Waals surface area contributed by atoms with Crippen molar-refractivity contribution in [1.29, 1.82) is 0 Å². The number of aryl methyl sites for hydroxylation is 1. The van der Waals surface area contributed by atoms with Crippen molar-refractivity contribution in [2.45, 2.75) is 24.7 Å². The van der Waals surface area contributed by atoms with Gasteiger partial charge in [-0.2, -0.15) is 0 Å². The maximum Gasteiger partial charge on any atom is 0.335 e. The van der Waals surface area contributed by atoms with Gasteiger partial charge in [0.2, 0.25) is 10.0 Å². The summed E-state index contributed by atoms with van der Waals surface area (Å²) < 4.78 is 31.7. The smallest absolute Gasteiger partial charge is 0.335 e. The van der Waals surface area contributed by atoms with Gasteiger partial charge in [-0.25, -0.2) is 17.9 Å². The van der Waals surface area contributed by atoms with Gasteiger partial charge in [-0.15, -0.1) is 0 Å². The molecule has 0 atom stereocenters. The Kier molecular flexibility index (Phi) is 6.12. The Morgan fingerprint density at radius 2 is 2.10 bits per heavy atom. The van der Waals surface area contributed by atoms with Gasteiger partial charge in [0.05, 0.1) is 10.5 Å². The largest absolute Gasteiger partial charge is 0.478 e. The molecule has 0 fully saturated rings. The van der Waals surface area contributed by atoms with Crippen molar-refractivity contribution >= 4 is 16.0 Å². The van der Waals surface area contributed by atoms with Crippen LogP contribution in [0, 0.1) is 0 Å². The molecule has 6 nitrogen and oxygen atoms in total. The quantitative estimate of drug-likeness (QED) is 0.705. The average molecular weight is 301 g/mol. The third kappa shape index (κ3) is 4.29. The number of hydrogen-bond donors (Lipinski definition) is 2. The van der Waals surface area contributed by atoms with E-state index in [-0.39, 0.29) is 17.0 Å². The lowest BCUT2D eigenvalue weighted by atomic mass is 10.1. The molecule has 0 unspecified atom stereocenters. The van der Waals surface area contributed by atoms with Crippen LogP contribution in [0.1, 0.15) is 29.3 Å². The zero-order chi connectivity index (χ0) is 15.2. The summed E-state index contributed by atoms with van der Waals surface area (Å²) in [7, 11) is -2.17. The first-order chi connectivity index (χ1) is 9.42. The number of benzene rings is 1. The fourth-order valence-corrected chi connectivity index (χ4v) is 3.14. The van der Waals surface area contributed by atoms with E-state index in [1.165, 1.54) is 18.2 Å². The highest BCUT2D eigenvalue weighted by Crippen LogP contribution is 2.18. The van der Waals surface area contributed by atoms with Gasteiger partial charge in [0.1, 0.15) is 0 Å². The first-order valence-electron chi connectivity index (χ1n) is 6.27. The van der Waals surface area contributed by atoms with Crippen LogP contribution in [0.2, 0.25) is 0 Å². The molecule has 0 aromatic heterocycles. The summed E-state index contributed by atoms with van der Waals surface area (Å²) in [6.45, 7) is 2.52. The van der Waals surface area contributed by atoms with E-state index >= 15 is 0 Å². The number of carbonyl (C=O) groups is 1. The minimum atomic E-state index is -3.71. The maximum absolute atomic E-state index is 12.2. The van der Waals surface area contributed by atoms with Crippen molar-refractivity contribution in [1.82, 2.24) is 4.72 Å². The monoisotopic (exact) mass is 301 g/mol. The fraction of sp³-hybridized carbons (Fsp3) is 0.462. The Balaban J connectivity index is 3.02. The lowest BCUT2D eigenvalue weighted by molar-refractivity contribution is 0.0696. The van der Waals surface area contributed by atoms with E-state index in [1.54, 1.807) is 7.11 Å². The van der Waals surface area contributed by atoms with Crippen LogP contribution in [-0.2, 0) is 21.2 Å². The average Bonchev–Trinajstić information content (AvgIpc) is 2.42. The molecule has 0 aliphatic carbocycles. The van der Waals surface area contributed by atoms with Crippen LogP contribution in [0.4, 0.5) is 0 Å². The number of nitrogens with one attached hydrogen (secondary N) is 1. The maximum atomic E-state index is 12.2. The lowest BCUT2D eigenvalue weighted by Gasteiger charge is -2.11. The molecule has 0 heterocycles. The van der Waals surface area contributed by atoms with Gasteiger partial charge < -0.3 is 9.84 Å². The molecule has 1 rings (SSSR count). The second kappa shape index (κ2) is 7.37. The van der Waals surface area contributed by atoms with Gasteiger partial charge in [0.25, 0.3) is 0 Å². The minimum Gasteiger partial charge on any atom is -0.478 e. The highest BCUT2D eigenvalue weighted by Gasteiger charge is 2.19. The Morgan fingerprint density at radius 3 is 2.65 bits per heavy atom. The predicted octanol–water partition coefficient (Wildman–Crippen LogP) is 1.26. The fourth-order valence-electron chi connectivity index (χ4n) is 1.73. The normalized spacial score (nSPS) is 11.5. The van der Waals surface area contributed by atoms with Crippen LogP contribution in [0.3, 0.4) is 0 Å². The molecular formula is C13H19NO5S. The number of aromatic carboxylic acids is 1. The van der Waals surface area contributed by atoms with Crippen molar-refractivity contribution in [2.75, 3.05) is 20.3 Å². The summed E-state index contributed by atoms with van der Waals surface area (Å²) in [4.78, 5) is 11.0. The Bertz CT molecular complexity index is 568. The lowest BCUT2D eigenvalue weighted by Crippen LogP contribution is -2.26. The van der Waals surface area contributed by atoms with Crippen molar-refractivity contribution in [3.63, 3.8) is 0 Å². The van der Waals surface area contributed by atoms with E-state index in [9.17, 15) is 13.2 Å². The predicted molar refractivity (Wildman–Crippen MR) is 74.5 cm³/mol. The molecule has 0 amide bonds. The third-order valence-corrected chi connectivity index (χ3v) is 4.35. The van der Waals surface area contributed by atoms with Gasteiger partial charge in [-0.05, 0) is 30.5 Å². The molecule has 0 spiro atoms. The van der Waals surface area contributed by atoms with Crippen molar-refractivity contribution < 1.29 is 23.1 Å². The second-order valence-corrected chi connectivity index (χ2v) is 5.96. The van der Waals surface area contributed by atoms with E-state index in [4.69, 9.17) is 9.84 Å². The molecule has 0 saturated heterocycles. The summed E-state index contributed by atoms with van der Waals surface area (Å²) in [6.07, 6.45) is 1.06. The van der Waals surface area contributed by atoms with E-state index in [0.717, 1.165) is 0 Å². The zero-order valence-electron chi connectivity index (χ0n) is 11.5. The topological polar surface area (TPSA) is 92.7 Å². The summed E-state index contributed by atoms with van der Waals surface area (Å²) in [5.74, 6) is -1.15. The van der Waals surface area contributed by atoms with Crippen LogP contribution < -0.4 is 4.72 Å². The van der Waals surface area contributed by atoms with Gasteiger partial charge in [0.15, 0.2) is 0 Å². The van der Waals surface area contributed by atoms with Crippen molar-refractivity contribution in [3.8, 4) is 0 Å². The summed E-state index contributed by atoms with van der Waals surface area (Å²) in [5, 5.41) is 8.95. The molecular weight excluding hydrogens is 282 g/mol. The summed E-state index contributed by atoms with van der Waals surface area (Å²) >= 11 is 0. The molecule has 0 aliphatic heterocycles. The molecule has 0 aliphatic rings. The summed E-state index contributed by atoms with van der Waals surface area (Å²) in [6, 6.07) is 4.14. The molecule has 20 heavy (non-hydrogen) atoms. The number of ether oxygens (including phenoxy) is 1. The molecule has 1 aromatic carbocycles. The van der Waals surface area contributed by atoms with Crippen LogP contribution in [0.15, 0.2) is 23.1 Å². The summed E-state index contributed by atoms with van der Waals surface area (Å²) in [5.41, 5.74) is 0.550. The molecule has 112 valence electrons. The standard InChI is InChI=1S/C13H19NO5S/c1-3-10-5-6-11(13(15)16)9-12(10)20(17,18)14-7-4-8-19-2/h5-6,9,14H,3-4,7-8H2,1-2H3,(H,15,16). The van der Waals surface area contributed by atoms with Crippen LogP contribution in [0.25, 0.3) is 0 Å². The van der Waals surface area contributed by atoms with Gasteiger partial charge >= 0.3 is 5.97 Å².